The number of hydrogen-bond donors (Lipinski definition) is 0. The molecular formula is C19H25N3O3. The highest BCUT2D eigenvalue weighted by molar-refractivity contribution is 5.89. The fraction of sp³-hybridized carbons (Fsp3) is 0.579. The lowest BCUT2D eigenvalue weighted by molar-refractivity contribution is -0.147. The van der Waals surface area contributed by atoms with E-state index in [-0.39, 0.29) is 17.9 Å². The van der Waals surface area contributed by atoms with Gasteiger partial charge in [0.05, 0.1) is 19.8 Å². The van der Waals surface area contributed by atoms with Crippen LogP contribution in [-0.2, 0) is 27.4 Å². The largest absolute Gasteiger partial charge is 0.378 e. The number of rotatable bonds is 3. The number of benzene rings is 1. The minimum atomic E-state index is -0.282. The van der Waals surface area contributed by atoms with E-state index in [1.165, 1.54) is 11.1 Å². The lowest BCUT2D eigenvalue weighted by Gasteiger charge is -2.33. The number of carbonyl (C=O) groups excluding carboxylic acids is 2. The van der Waals surface area contributed by atoms with Gasteiger partial charge in [0.15, 0.2) is 0 Å². The molecular weight excluding hydrogens is 318 g/mol. The van der Waals surface area contributed by atoms with E-state index in [9.17, 15) is 9.59 Å². The van der Waals surface area contributed by atoms with Crippen LogP contribution in [-0.4, -0.2) is 71.9 Å². The van der Waals surface area contributed by atoms with Crippen LogP contribution in [0.25, 0.3) is 0 Å². The van der Waals surface area contributed by atoms with Crippen LogP contribution >= 0.6 is 0 Å². The van der Waals surface area contributed by atoms with E-state index in [4.69, 9.17) is 4.74 Å². The fourth-order valence-corrected chi connectivity index (χ4v) is 4.11. The van der Waals surface area contributed by atoms with Gasteiger partial charge in [0.25, 0.3) is 0 Å². The Morgan fingerprint density at radius 2 is 1.72 bits per heavy atom. The summed E-state index contributed by atoms with van der Waals surface area (Å²) in [5, 5.41) is 0. The van der Waals surface area contributed by atoms with Crippen molar-refractivity contribution in [1.82, 2.24) is 14.7 Å². The quantitative estimate of drug-likeness (QED) is 0.817. The average molecular weight is 343 g/mol. The van der Waals surface area contributed by atoms with Crippen LogP contribution < -0.4 is 0 Å². The first kappa shape index (κ1) is 16.5. The minimum Gasteiger partial charge on any atom is -0.378 e. The van der Waals surface area contributed by atoms with Crippen molar-refractivity contribution in [1.29, 1.82) is 0 Å². The molecule has 3 heterocycles. The molecule has 0 spiro atoms. The third-order valence-electron chi connectivity index (χ3n) is 5.45. The van der Waals surface area contributed by atoms with Gasteiger partial charge >= 0.3 is 0 Å². The maximum absolute atomic E-state index is 12.8. The van der Waals surface area contributed by atoms with E-state index in [2.05, 4.69) is 17.0 Å². The Kier molecular flexibility index (Phi) is 4.72. The molecule has 0 bridgehead atoms. The lowest BCUT2D eigenvalue weighted by atomic mass is 10.1. The molecule has 1 aromatic carbocycles. The topological polar surface area (TPSA) is 53.1 Å². The van der Waals surface area contributed by atoms with Crippen LogP contribution in [0.15, 0.2) is 24.3 Å². The molecule has 0 unspecified atom stereocenters. The summed E-state index contributed by atoms with van der Waals surface area (Å²) in [6, 6.07) is 8.06. The Morgan fingerprint density at radius 1 is 1.04 bits per heavy atom. The molecule has 0 aromatic heterocycles. The molecule has 134 valence electrons. The monoisotopic (exact) mass is 343 g/mol. The minimum absolute atomic E-state index is 0.0805. The highest BCUT2D eigenvalue weighted by Gasteiger charge is 2.37. The molecule has 2 saturated heterocycles. The lowest BCUT2D eigenvalue weighted by Crippen LogP contribution is -2.52. The van der Waals surface area contributed by atoms with E-state index < -0.39 is 0 Å². The molecule has 2 amide bonds. The Balaban J connectivity index is 1.37. The first-order chi connectivity index (χ1) is 12.2. The zero-order valence-electron chi connectivity index (χ0n) is 14.5. The number of likely N-dealkylation sites (tertiary alicyclic amines) is 1. The van der Waals surface area contributed by atoms with E-state index in [1.807, 2.05) is 17.0 Å². The van der Waals surface area contributed by atoms with Gasteiger partial charge < -0.3 is 14.5 Å². The molecule has 25 heavy (non-hydrogen) atoms. The van der Waals surface area contributed by atoms with E-state index in [1.54, 1.807) is 4.90 Å². The van der Waals surface area contributed by atoms with E-state index in [0.717, 1.165) is 25.9 Å². The summed E-state index contributed by atoms with van der Waals surface area (Å²) < 4.78 is 5.33. The van der Waals surface area contributed by atoms with Crippen molar-refractivity contribution in [2.45, 2.75) is 32.0 Å². The predicted octanol–water partition coefficient (Wildman–Crippen LogP) is 0.852. The molecule has 0 radical (unpaired) electrons. The van der Waals surface area contributed by atoms with Gasteiger partial charge in [-0.2, -0.15) is 0 Å². The Hall–Kier alpha value is -1.92. The molecule has 3 aliphatic heterocycles. The van der Waals surface area contributed by atoms with Gasteiger partial charge in [0.1, 0.15) is 6.04 Å². The third-order valence-corrected chi connectivity index (χ3v) is 5.45. The second-order valence-electron chi connectivity index (χ2n) is 7.10. The molecule has 0 aliphatic carbocycles. The molecule has 6 nitrogen and oxygen atoms in total. The zero-order valence-corrected chi connectivity index (χ0v) is 14.5. The third kappa shape index (κ3) is 3.41. The molecule has 0 N–H and O–H groups in total. The van der Waals surface area contributed by atoms with Gasteiger partial charge in [-0.1, -0.05) is 24.3 Å². The maximum Gasteiger partial charge on any atom is 0.245 e. The van der Waals surface area contributed by atoms with Gasteiger partial charge in [-0.25, -0.2) is 0 Å². The normalized spacial score (nSPS) is 23.8. The van der Waals surface area contributed by atoms with Gasteiger partial charge in [-0.15, -0.1) is 0 Å². The van der Waals surface area contributed by atoms with Gasteiger partial charge in [0.2, 0.25) is 11.8 Å². The van der Waals surface area contributed by atoms with Crippen LogP contribution in [0.2, 0.25) is 0 Å². The predicted molar refractivity (Wildman–Crippen MR) is 92.7 cm³/mol. The van der Waals surface area contributed by atoms with E-state index in [0.29, 0.717) is 39.4 Å². The summed E-state index contributed by atoms with van der Waals surface area (Å²) in [5.74, 6) is 0.177. The second-order valence-corrected chi connectivity index (χ2v) is 7.10. The van der Waals surface area contributed by atoms with Crippen molar-refractivity contribution in [3.05, 3.63) is 35.4 Å². The first-order valence-corrected chi connectivity index (χ1v) is 9.17. The number of ether oxygens (including phenoxy) is 1. The number of nitrogens with zero attached hydrogens (tertiary/aromatic N) is 3. The highest BCUT2D eigenvalue weighted by atomic mass is 16.5. The number of fused-ring (bicyclic) bond motifs is 1. The smallest absolute Gasteiger partial charge is 0.245 e. The molecule has 1 atom stereocenters. The van der Waals surface area contributed by atoms with Crippen molar-refractivity contribution in [3.8, 4) is 0 Å². The molecule has 6 heteroatoms. The Labute approximate surface area is 148 Å². The van der Waals surface area contributed by atoms with E-state index >= 15 is 0 Å². The number of carbonyl (C=O) groups is 2. The summed E-state index contributed by atoms with van der Waals surface area (Å²) in [4.78, 5) is 31.5. The fourth-order valence-electron chi connectivity index (χ4n) is 4.11. The van der Waals surface area contributed by atoms with Crippen molar-refractivity contribution in [2.24, 2.45) is 0 Å². The number of amides is 2. The van der Waals surface area contributed by atoms with Gasteiger partial charge in [-0.05, 0) is 24.0 Å². The van der Waals surface area contributed by atoms with Crippen LogP contribution in [0, 0.1) is 0 Å². The molecule has 0 saturated carbocycles. The van der Waals surface area contributed by atoms with Crippen LogP contribution in [0.3, 0.4) is 0 Å². The maximum atomic E-state index is 12.8. The SMILES string of the molecule is O=C([C@@H]1CCCN1C(=O)CN1Cc2ccccc2C1)N1CCOCC1. The highest BCUT2D eigenvalue weighted by Crippen LogP contribution is 2.24. The molecule has 2 fully saturated rings. The van der Waals surface area contributed by atoms with Crippen LogP contribution in [0.5, 0.6) is 0 Å². The van der Waals surface area contributed by atoms with Crippen molar-refractivity contribution in [2.75, 3.05) is 39.4 Å². The number of hydrogen-bond acceptors (Lipinski definition) is 4. The summed E-state index contributed by atoms with van der Waals surface area (Å²) in [6.45, 7) is 5.19. The summed E-state index contributed by atoms with van der Waals surface area (Å²) in [5.41, 5.74) is 2.61. The van der Waals surface area contributed by atoms with Crippen molar-refractivity contribution in [3.63, 3.8) is 0 Å². The number of morpholine rings is 1. The van der Waals surface area contributed by atoms with Gasteiger partial charge in [0, 0.05) is 32.7 Å². The van der Waals surface area contributed by atoms with Crippen molar-refractivity contribution < 1.29 is 14.3 Å². The summed E-state index contributed by atoms with van der Waals surface area (Å²) in [7, 11) is 0. The van der Waals surface area contributed by atoms with Crippen LogP contribution in [0.1, 0.15) is 24.0 Å². The summed E-state index contributed by atoms with van der Waals surface area (Å²) in [6.07, 6.45) is 1.69. The first-order valence-electron chi connectivity index (χ1n) is 9.17. The average Bonchev–Trinajstić information content (AvgIpc) is 3.28. The van der Waals surface area contributed by atoms with Gasteiger partial charge in [-0.3, -0.25) is 14.5 Å². The summed E-state index contributed by atoms with van der Waals surface area (Å²) >= 11 is 0. The zero-order chi connectivity index (χ0) is 17.2. The Bertz CT molecular complexity index is 632. The molecule has 1 aromatic rings. The second kappa shape index (κ2) is 7.14. The van der Waals surface area contributed by atoms with Crippen molar-refractivity contribution >= 4 is 11.8 Å². The Morgan fingerprint density at radius 3 is 2.40 bits per heavy atom. The standard InChI is InChI=1S/C19H25N3O3/c23-18(14-20-12-15-4-1-2-5-16(15)13-20)22-7-3-6-17(22)19(24)21-8-10-25-11-9-21/h1-2,4-5,17H,3,6-14H2/t17-/m0/s1. The molecule has 4 rings (SSSR count). The van der Waals surface area contributed by atoms with Crippen LogP contribution in [0.4, 0.5) is 0 Å². The molecule has 3 aliphatic rings.